The summed E-state index contributed by atoms with van der Waals surface area (Å²) in [4.78, 5) is 12.8. The fourth-order valence-electron chi connectivity index (χ4n) is 1.33. The molecule has 1 aromatic heterocycles. The van der Waals surface area contributed by atoms with E-state index in [0.29, 0.717) is 13.0 Å². The van der Waals surface area contributed by atoms with Crippen molar-refractivity contribution < 1.29 is 14.3 Å². The van der Waals surface area contributed by atoms with Crippen LogP contribution < -0.4 is 0 Å². The molecule has 0 aromatic carbocycles. The van der Waals surface area contributed by atoms with Gasteiger partial charge in [-0.3, -0.25) is 4.79 Å². The number of hydrogen-bond donors (Lipinski definition) is 1. The average Bonchev–Trinajstić information content (AvgIpc) is 2.59. The second-order valence-corrected chi connectivity index (χ2v) is 3.70. The standard InChI is InChI=1S/C11H17NO3/c1-8-4-5-10(15-8)6-7-12(3)11(14)9(2)13/h4-5,9,13H,6-7H2,1-3H3. The zero-order valence-electron chi connectivity index (χ0n) is 9.36. The SMILES string of the molecule is Cc1ccc(CCN(C)C(=O)C(C)O)o1. The predicted molar refractivity (Wildman–Crippen MR) is 56.5 cm³/mol. The van der Waals surface area contributed by atoms with Gasteiger partial charge in [-0.2, -0.15) is 0 Å². The minimum Gasteiger partial charge on any atom is -0.466 e. The lowest BCUT2D eigenvalue weighted by Crippen LogP contribution is -2.35. The smallest absolute Gasteiger partial charge is 0.250 e. The van der Waals surface area contributed by atoms with Crippen LogP contribution in [0.3, 0.4) is 0 Å². The Bertz CT molecular complexity index is 330. The molecule has 1 amide bonds. The van der Waals surface area contributed by atoms with Gasteiger partial charge in [0, 0.05) is 20.0 Å². The second-order valence-electron chi connectivity index (χ2n) is 3.70. The number of carbonyl (C=O) groups excluding carboxylic acids is 1. The third-order valence-electron chi connectivity index (χ3n) is 2.22. The van der Waals surface area contributed by atoms with Gasteiger partial charge in [0.05, 0.1) is 0 Å². The zero-order valence-corrected chi connectivity index (χ0v) is 9.36. The first kappa shape index (κ1) is 11.8. The van der Waals surface area contributed by atoms with Gasteiger partial charge in [0.25, 0.3) is 5.91 Å². The molecule has 1 atom stereocenters. The molecular formula is C11H17NO3. The number of aliphatic hydroxyl groups is 1. The average molecular weight is 211 g/mol. The van der Waals surface area contributed by atoms with Crippen LogP contribution in [-0.4, -0.2) is 35.6 Å². The van der Waals surface area contributed by atoms with Crippen molar-refractivity contribution in [3.63, 3.8) is 0 Å². The van der Waals surface area contributed by atoms with Crippen molar-refractivity contribution in [3.8, 4) is 0 Å². The number of rotatable bonds is 4. The molecule has 84 valence electrons. The van der Waals surface area contributed by atoms with E-state index in [1.165, 1.54) is 11.8 Å². The van der Waals surface area contributed by atoms with Crippen LogP contribution in [0.5, 0.6) is 0 Å². The lowest BCUT2D eigenvalue weighted by atomic mass is 10.3. The number of carbonyl (C=O) groups is 1. The molecule has 4 heteroatoms. The van der Waals surface area contributed by atoms with Crippen molar-refractivity contribution in [3.05, 3.63) is 23.7 Å². The highest BCUT2D eigenvalue weighted by atomic mass is 16.3. The van der Waals surface area contributed by atoms with Crippen molar-refractivity contribution >= 4 is 5.91 Å². The van der Waals surface area contributed by atoms with Crippen LogP contribution in [0.2, 0.25) is 0 Å². The molecule has 4 nitrogen and oxygen atoms in total. The largest absolute Gasteiger partial charge is 0.466 e. The summed E-state index contributed by atoms with van der Waals surface area (Å²) in [6, 6.07) is 3.79. The Morgan fingerprint density at radius 2 is 2.27 bits per heavy atom. The quantitative estimate of drug-likeness (QED) is 0.807. The molecule has 0 aliphatic rings. The van der Waals surface area contributed by atoms with Gasteiger partial charge < -0.3 is 14.4 Å². The normalized spacial score (nSPS) is 12.5. The molecule has 0 saturated heterocycles. The summed E-state index contributed by atoms with van der Waals surface area (Å²) in [7, 11) is 1.67. The van der Waals surface area contributed by atoms with E-state index < -0.39 is 6.10 Å². The molecule has 1 unspecified atom stereocenters. The third kappa shape index (κ3) is 3.40. The molecule has 1 heterocycles. The van der Waals surface area contributed by atoms with Gasteiger partial charge in [0.1, 0.15) is 17.6 Å². The van der Waals surface area contributed by atoms with Crippen LogP contribution in [0.4, 0.5) is 0 Å². The first-order valence-corrected chi connectivity index (χ1v) is 4.99. The van der Waals surface area contributed by atoms with Gasteiger partial charge in [-0.25, -0.2) is 0 Å². The molecule has 15 heavy (non-hydrogen) atoms. The molecule has 0 radical (unpaired) electrons. The van der Waals surface area contributed by atoms with E-state index in [0.717, 1.165) is 11.5 Å². The molecular weight excluding hydrogens is 194 g/mol. The van der Waals surface area contributed by atoms with Gasteiger partial charge >= 0.3 is 0 Å². The van der Waals surface area contributed by atoms with E-state index in [4.69, 9.17) is 9.52 Å². The van der Waals surface area contributed by atoms with E-state index >= 15 is 0 Å². The molecule has 0 aliphatic carbocycles. The number of aliphatic hydroxyl groups excluding tert-OH is 1. The van der Waals surface area contributed by atoms with Crippen LogP contribution in [0.25, 0.3) is 0 Å². The summed E-state index contributed by atoms with van der Waals surface area (Å²) in [5.41, 5.74) is 0. The lowest BCUT2D eigenvalue weighted by Gasteiger charge is -2.17. The highest BCUT2D eigenvalue weighted by molar-refractivity contribution is 5.79. The maximum Gasteiger partial charge on any atom is 0.250 e. The van der Waals surface area contributed by atoms with E-state index in [9.17, 15) is 4.79 Å². The summed E-state index contributed by atoms with van der Waals surface area (Å²) in [5, 5.41) is 9.08. The monoisotopic (exact) mass is 211 g/mol. The summed E-state index contributed by atoms with van der Waals surface area (Å²) >= 11 is 0. The van der Waals surface area contributed by atoms with Gasteiger partial charge in [-0.15, -0.1) is 0 Å². The van der Waals surface area contributed by atoms with Crippen molar-refractivity contribution in [2.45, 2.75) is 26.4 Å². The Kier molecular flexibility index (Phi) is 3.91. The first-order chi connectivity index (χ1) is 7.00. The van der Waals surface area contributed by atoms with Crippen molar-refractivity contribution in [1.29, 1.82) is 0 Å². The van der Waals surface area contributed by atoms with Crippen LogP contribution in [0.15, 0.2) is 16.5 Å². The van der Waals surface area contributed by atoms with E-state index in [-0.39, 0.29) is 5.91 Å². The molecule has 1 aromatic rings. The van der Waals surface area contributed by atoms with Gasteiger partial charge in [0.2, 0.25) is 0 Å². The van der Waals surface area contributed by atoms with Crippen LogP contribution in [-0.2, 0) is 11.2 Å². The molecule has 0 spiro atoms. The summed E-state index contributed by atoms with van der Waals surface area (Å²) < 4.78 is 5.37. The number of amides is 1. The molecule has 1 rings (SSSR count). The third-order valence-corrected chi connectivity index (χ3v) is 2.22. The maximum absolute atomic E-state index is 11.3. The topological polar surface area (TPSA) is 53.7 Å². The fourth-order valence-corrected chi connectivity index (χ4v) is 1.33. The minimum atomic E-state index is -0.937. The van der Waals surface area contributed by atoms with Crippen molar-refractivity contribution in [2.24, 2.45) is 0 Å². The molecule has 0 fully saturated rings. The molecule has 0 bridgehead atoms. The highest BCUT2D eigenvalue weighted by Gasteiger charge is 2.14. The number of hydrogen-bond acceptors (Lipinski definition) is 3. The highest BCUT2D eigenvalue weighted by Crippen LogP contribution is 2.07. The number of aryl methyl sites for hydroxylation is 1. The predicted octanol–water partition coefficient (Wildman–Crippen LogP) is 0.970. The Labute approximate surface area is 89.5 Å². The molecule has 1 N–H and O–H groups in total. The Hall–Kier alpha value is -1.29. The van der Waals surface area contributed by atoms with Gasteiger partial charge in [-0.05, 0) is 26.0 Å². The van der Waals surface area contributed by atoms with E-state index in [2.05, 4.69) is 0 Å². The fraction of sp³-hybridized carbons (Fsp3) is 0.545. The molecule has 0 aliphatic heterocycles. The Morgan fingerprint density at radius 1 is 1.60 bits per heavy atom. The molecule has 0 saturated carbocycles. The number of likely N-dealkylation sites (N-methyl/N-ethyl adjacent to an activating group) is 1. The zero-order chi connectivity index (χ0) is 11.4. The number of nitrogens with zero attached hydrogens (tertiary/aromatic N) is 1. The van der Waals surface area contributed by atoms with Crippen molar-refractivity contribution in [1.82, 2.24) is 4.90 Å². The van der Waals surface area contributed by atoms with E-state index in [1.54, 1.807) is 7.05 Å². The number of furan rings is 1. The Morgan fingerprint density at radius 3 is 2.73 bits per heavy atom. The summed E-state index contributed by atoms with van der Waals surface area (Å²) in [6.07, 6.45) is -0.267. The minimum absolute atomic E-state index is 0.265. The van der Waals surface area contributed by atoms with E-state index in [1.807, 2.05) is 19.1 Å². The van der Waals surface area contributed by atoms with Crippen LogP contribution in [0.1, 0.15) is 18.4 Å². The second kappa shape index (κ2) is 4.98. The van der Waals surface area contributed by atoms with Crippen LogP contribution >= 0.6 is 0 Å². The van der Waals surface area contributed by atoms with Gasteiger partial charge in [0.15, 0.2) is 0 Å². The Balaban J connectivity index is 2.40. The van der Waals surface area contributed by atoms with Crippen LogP contribution in [0, 0.1) is 6.92 Å². The van der Waals surface area contributed by atoms with Gasteiger partial charge in [-0.1, -0.05) is 0 Å². The summed E-state index contributed by atoms with van der Waals surface area (Å²) in [5.74, 6) is 1.46. The summed E-state index contributed by atoms with van der Waals surface area (Å²) in [6.45, 7) is 3.90. The lowest BCUT2D eigenvalue weighted by molar-refractivity contribution is -0.137. The first-order valence-electron chi connectivity index (χ1n) is 4.99. The maximum atomic E-state index is 11.3. The van der Waals surface area contributed by atoms with Crippen molar-refractivity contribution in [2.75, 3.05) is 13.6 Å².